The van der Waals surface area contributed by atoms with Crippen LogP contribution in [-0.2, 0) is 18.6 Å². The van der Waals surface area contributed by atoms with Crippen molar-refractivity contribution in [1.82, 2.24) is 14.5 Å². The minimum Gasteiger partial charge on any atom is -0.377 e. The summed E-state index contributed by atoms with van der Waals surface area (Å²) in [7, 11) is 4.19. The Hall–Kier alpha value is -2.27. The molecule has 0 unspecified atom stereocenters. The van der Waals surface area contributed by atoms with Gasteiger partial charge in [-0.2, -0.15) is 0 Å². The maximum atomic E-state index is 4.97. The van der Waals surface area contributed by atoms with Crippen LogP contribution in [0.4, 0.5) is 5.69 Å². The highest BCUT2D eigenvalue weighted by Crippen LogP contribution is 2.34. The predicted molar refractivity (Wildman–Crippen MR) is 108 cm³/mol. The smallest absolute Gasteiger partial charge is 0.174 e. The predicted octanol–water partition coefficient (Wildman–Crippen LogP) is 4.42. The van der Waals surface area contributed by atoms with Crippen molar-refractivity contribution in [2.24, 2.45) is 0 Å². The van der Waals surface area contributed by atoms with E-state index in [0.29, 0.717) is 0 Å². The molecule has 1 aliphatic carbocycles. The molecule has 0 fully saturated rings. The Balaban J connectivity index is 1.69. The number of nitrogens with zero attached hydrogens (tertiary/aromatic N) is 4. The molecule has 0 saturated heterocycles. The lowest BCUT2D eigenvalue weighted by Gasteiger charge is -2.17. The van der Waals surface area contributed by atoms with E-state index in [1.807, 2.05) is 12.3 Å². The maximum Gasteiger partial charge on any atom is 0.174 e. The third-order valence-corrected chi connectivity index (χ3v) is 5.86. The first-order valence-corrected chi connectivity index (χ1v) is 10.0. The Bertz CT molecular complexity index is 930. The number of imidazole rings is 1. The van der Waals surface area contributed by atoms with E-state index in [4.69, 9.17) is 4.98 Å². The fraction of sp³-hybridized carbons (Fsp3) is 0.333. The molecule has 0 amide bonds. The number of fused-ring (bicyclic) bond motifs is 1. The van der Waals surface area contributed by atoms with Crippen LogP contribution in [0.2, 0.25) is 0 Å². The van der Waals surface area contributed by atoms with Crippen LogP contribution in [0, 0.1) is 6.92 Å². The second-order valence-electron chi connectivity index (χ2n) is 6.93. The first kappa shape index (κ1) is 17.2. The number of hydrogen-bond acceptors (Lipinski definition) is 4. The Morgan fingerprint density at radius 2 is 1.96 bits per heavy atom. The van der Waals surface area contributed by atoms with Crippen molar-refractivity contribution in [2.45, 2.75) is 37.1 Å². The summed E-state index contributed by atoms with van der Waals surface area (Å²) in [6, 6.07) is 12.7. The fourth-order valence-electron chi connectivity index (χ4n) is 3.59. The molecule has 1 aliphatic rings. The second-order valence-corrected chi connectivity index (χ2v) is 7.87. The molecule has 4 nitrogen and oxygen atoms in total. The van der Waals surface area contributed by atoms with E-state index < -0.39 is 0 Å². The molecule has 0 spiro atoms. The van der Waals surface area contributed by atoms with Gasteiger partial charge in [-0.05, 0) is 49.4 Å². The highest BCUT2D eigenvalue weighted by atomic mass is 32.2. The molecule has 26 heavy (non-hydrogen) atoms. The molecule has 0 saturated carbocycles. The zero-order chi connectivity index (χ0) is 18.1. The number of aryl methyl sites for hydroxylation is 2. The number of benzene rings is 1. The van der Waals surface area contributed by atoms with Crippen molar-refractivity contribution in [1.29, 1.82) is 0 Å². The van der Waals surface area contributed by atoms with Gasteiger partial charge in [-0.25, -0.2) is 9.97 Å². The van der Waals surface area contributed by atoms with Gasteiger partial charge in [0.2, 0.25) is 0 Å². The van der Waals surface area contributed by atoms with Crippen LogP contribution in [-0.4, -0.2) is 28.6 Å². The fourth-order valence-corrected chi connectivity index (χ4v) is 4.62. The van der Waals surface area contributed by atoms with Gasteiger partial charge in [-0.1, -0.05) is 36.0 Å². The van der Waals surface area contributed by atoms with Crippen LogP contribution >= 0.6 is 11.8 Å². The number of thioether (sulfide) groups is 1. The minimum absolute atomic E-state index is 0.899. The van der Waals surface area contributed by atoms with E-state index >= 15 is 0 Å². The van der Waals surface area contributed by atoms with Gasteiger partial charge in [-0.3, -0.25) is 4.57 Å². The molecule has 1 aromatic carbocycles. The number of rotatable bonds is 5. The monoisotopic (exact) mass is 364 g/mol. The highest BCUT2D eigenvalue weighted by molar-refractivity contribution is 7.98. The van der Waals surface area contributed by atoms with Gasteiger partial charge in [0, 0.05) is 37.4 Å². The van der Waals surface area contributed by atoms with Crippen molar-refractivity contribution in [3.05, 3.63) is 65.1 Å². The summed E-state index contributed by atoms with van der Waals surface area (Å²) in [5.41, 5.74) is 6.37. The van der Waals surface area contributed by atoms with E-state index in [2.05, 4.69) is 65.8 Å². The molecule has 134 valence electrons. The molecule has 2 heterocycles. The molecule has 0 aliphatic heterocycles. The molecule has 0 bridgehead atoms. The first-order valence-electron chi connectivity index (χ1n) is 9.05. The van der Waals surface area contributed by atoms with Crippen LogP contribution in [0.25, 0.3) is 5.82 Å². The minimum atomic E-state index is 0.899. The molecule has 3 aromatic rings. The molecule has 4 rings (SSSR count). The number of anilines is 1. The summed E-state index contributed by atoms with van der Waals surface area (Å²) in [5, 5.41) is 1.06. The number of hydrogen-bond donors (Lipinski definition) is 0. The Labute approximate surface area is 159 Å². The number of aromatic nitrogens is 3. The largest absolute Gasteiger partial charge is 0.377 e. The normalized spacial score (nSPS) is 13.0. The zero-order valence-corrected chi connectivity index (χ0v) is 16.4. The maximum absolute atomic E-state index is 4.97. The van der Waals surface area contributed by atoms with Crippen molar-refractivity contribution in [3.8, 4) is 5.82 Å². The molecular formula is C21H24N4S. The zero-order valence-electron chi connectivity index (χ0n) is 15.6. The molecule has 0 radical (unpaired) electrons. The lowest BCUT2D eigenvalue weighted by atomic mass is 10.2. The molecule has 0 atom stereocenters. The molecule has 2 aromatic heterocycles. The molecule has 0 N–H and O–H groups in total. The molecule has 5 heteroatoms. The summed E-state index contributed by atoms with van der Waals surface area (Å²) >= 11 is 1.80. The lowest BCUT2D eigenvalue weighted by Crippen LogP contribution is -2.11. The van der Waals surface area contributed by atoms with E-state index in [1.165, 1.54) is 34.6 Å². The van der Waals surface area contributed by atoms with E-state index in [0.717, 1.165) is 29.6 Å². The number of pyridine rings is 1. The van der Waals surface area contributed by atoms with Gasteiger partial charge in [-0.15, -0.1) is 0 Å². The highest BCUT2D eigenvalue weighted by Gasteiger charge is 2.24. The van der Waals surface area contributed by atoms with Gasteiger partial charge in [0.25, 0.3) is 0 Å². The van der Waals surface area contributed by atoms with Crippen LogP contribution < -0.4 is 4.90 Å². The van der Waals surface area contributed by atoms with Crippen LogP contribution in [0.1, 0.15) is 28.9 Å². The summed E-state index contributed by atoms with van der Waals surface area (Å²) in [5.74, 6) is 1.92. The van der Waals surface area contributed by atoms with Gasteiger partial charge in [0.05, 0.1) is 5.69 Å². The van der Waals surface area contributed by atoms with Crippen molar-refractivity contribution >= 4 is 17.4 Å². The van der Waals surface area contributed by atoms with Gasteiger partial charge in [0.15, 0.2) is 5.16 Å². The summed E-state index contributed by atoms with van der Waals surface area (Å²) in [6.07, 6.45) is 5.24. The van der Waals surface area contributed by atoms with E-state index in [9.17, 15) is 0 Å². The van der Waals surface area contributed by atoms with Crippen LogP contribution in [0.15, 0.2) is 47.8 Å². The third-order valence-electron chi connectivity index (χ3n) is 4.88. The Kier molecular flexibility index (Phi) is 4.72. The average molecular weight is 365 g/mol. The third kappa shape index (κ3) is 3.12. The van der Waals surface area contributed by atoms with Crippen molar-refractivity contribution < 1.29 is 0 Å². The first-order chi connectivity index (χ1) is 12.6. The number of para-hydroxylation sites is 1. The standard InChI is InChI=1S/C21H24N4S/c1-15-8-7-13-22-20(15)25-19-12-6-10-17(19)23-21(25)26-14-16-9-4-5-11-18(16)24(2)3/h4-5,7-9,11,13H,6,10,12,14H2,1-3H3. The van der Waals surface area contributed by atoms with E-state index in [1.54, 1.807) is 11.8 Å². The van der Waals surface area contributed by atoms with Gasteiger partial charge < -0.3 is 4.90 Å². The quantitative estimate of drug-likeness (QED) is 0.628. The van der Waals surface area contributed by atoms with Crippen LogP contribution in [0.3, 0.4) is 0 Å². The summed E-state index contributed by atoms with van der Waals surface area (Å²) in [6.45, 7) is 2.12. The van der Waals surface area contributed by atoms with Crippen LogP contribution in [0.5, 0.6) is 0 Å². The van der Waals surface area contributed by atoms with Crippen molar-refractivity contribution in [3.63, 3.8) is 0 Å². The molecular weight excluding hydrogens is 340 g/mol. The van der Waals surface area contributed by atoms with Crippen molar-refractivity contribution in [2.75, 3.05) is 19.0 Å². The van der Waals surface area contributed by atoms with Gasteiger partial charge >= 0.3 is 0 Å². The lowest BCUT2D eigenvalue weighted by molar-refractivity contribution is 0.766. The second kappa shape index (κ2) is 7.16. The Morgan fingerprint density at radius 3 is 2.77 bits per heavy atom. The SMILES string of the molecule is Cc1cccnc1-n1c(SCc2ccccc2N(C)C)nc2c1CCC2. The topological polar surface area (TPSA) is 34.0 Å². The average Bonchev–Trinajstić information content (AvgIpc) is 3.21. The summed E-state index contributed by atoms with van der Waals surface area (Å²) in [4.78, 5) is 11.8. The van der Waals surface area contributed by atoms with E-state index in [-0.39, 0.29) is 0 Å². The summed E-state index contributed by atoms with van der Waals surface area (Å²) < 4.78 is 2.29. The Morgan fingerprint density at radius 1 is 1.12 bits per heavy atom. The van der Waals surface area contributed by atoms with Gasteiger partial charge in [0.1, 0.15) is 5.82 Å².